The molecule has 4 heterocycles. The minimum absolute atomic E-state index is 0.567. The van der Waals surface area contributed by atoms with Crippen LogP contribution < -0.4 is 0 Å². The highest BCUT2D eigenvalue weighted by atomic mass is 32.1. The van der Waals surface area contributed by atoms with Crippen molar-refractivity contribution in [2.75, 3.05) is 0 Å². The second kappa shape index (κ2) is 11.8. The van der Waals surface area contributed by atoms with Gasteiger partial charge in [-0.3, -0.25) is 0 Å². The van der Waals surface area contributed by atoms with Crippen molar-refractivity contribution in [1.29, 1.82) is 0 Å². The molecule has 0 aliphatic heterocycles. The van der Waals surface area contributed by atoms with Gasteiger partial charge in [0.05, 0.1) is 10.2 Å². The molecular formula is C46H26N4O2S. The Hall–Kier alpha value is -6.96. The van der Waals surface area contributed by atoms with Crippen molar-refractivity contribution in [2.45, 2.75) is 0 Å². The van der Waals surface area contributed by atoms with Gasteiger partial charge in [0.15, 0.2) is 17.5 Å². The largest absolute Gasteiger partial charge is 0.456 e. The highest BCUT2D eigenvalue weighted by Gasteiger charge is 2.21. The van der Waals surface area contributed by atoms with Gasteiger partial charge in [0.1, 0.15) is 27.3 Å². The number of hydrogen-bond acceptors (Lipinski definition) is 7. The van der Waals surface area contributed by atoms with Gasteiger partial charge >= 0.3 is 0 Å². The molecule has 6 nitrogen and oxygen atoms in total. The topological polar surface area (TPSA) is 77.8 Å². The second-order valence-corrected chi connectivity index (χ2v) is 14.0. The van der Waals surface area contributed by atoms with E-state index in [-0.39, 0.29) is 0 Å². The smallest absolute Gasteiger partial charge is 0.164 e. The average molecular weight is 699 g/mol. The Morgan fingerprint density at radius 3 is 1.87 bits per heavy atom. The molecule has 0 aliphatic carbocycles. The Labute approximate surface area is 306 Å². The summed E-state index contributed by atoms with van der Waals surface area (Å²) in [6.07, 6.45) is 0. The van der Waals surface area contributed by atoms with Gasteiger partial charge in [-0.05, 0) is 65.7 Å². The van der Waals surface area contributed by atoms with Crippen molar-refractivity contribution < 1.29 is 8.83 Å². The zero-order chi connectivity index (χ0) is 34.9. The number of aromatic nitrogens is 4. The summed E-state index contributed by atoms with van der Waals surface area (Å²) in [5, 5.41) is 5.02. The van der Waals surface area contributed by atoms with Crippen LogP contribution >= 0.6 is 11.3 Å². The van der Waals surface area contributed by atoms with Crippen molar-refractivity contribution >= 4 is 65.4 Å². The van der Waals surface area contributed by atoms with Gasteiger partial charge in [0.25, 0.3) is 0 Å². The van der Waals surface area contributed by atoms with E-state index in [0.29, 0.717) is 17.5 Å². The minimum Gasteiger partial charge on any atom is -0.456 e. The molecule has 0 aliphatic rings. The van der Waals surface area contributed by atoms with Crippen molar-refractivity contribution in [3.05, 3.63) is 158 Å². The van der Waals surface area contributed by atoms with E-state index in [4.69, 9.17) is 28.8 Å². The predicted octanol–water partition coefficient (Wildman–Crippen LogP) is 12.6. The predicted molar refractivity (Wildman–Crippen MR) is 215 cm³/mol. The first-order chi connectivity index (χ1) is 26.2. The summed E-state index contributed by atoms with van der Waals surface area (Å²) >= 11 is 1.70. The summed E-state index contributed by atoms with van der Waals surface area (Å²) in [6, 6.07) is 53.5. The van der Waals surface area contributed by atoms with Crippen LogP contribution in [0.15, 0.2) is 167 Å². The van der Waals surface area contributed by atoms with Gasteiger partial charge in [0, 0.05) is 43.8 Å². The zero-order valence-corrected chi connectivity index (χ0v) is 28.8. The van der Waals surface area contributed by atoms with E-state index in [1.54, 1.807) is 11.3 Å². The molecule has 11 aromatic rings. The van der Waals surface area contributed by atoms with E-state index in [1.807, 2.05) is 91.0 Å². The maximum atomic E-state index is 6.55. The van der Waals surface area contributed by atoms with Crippen molar-refractivity contribution in [3.63, 3.8) is 0 Å². The summed E-state index contributed by atoms with van der Waals surface area (Å²) in [7, 11) is 0. The highest BCUT2D eigenvalue weighted by molar-refractivity contribution is 7.21. The van der Waals surface area contributed by atoms with Gasteiger partial charge < -0.3 is 8.83 Å². The van der Waals surface area contributed by atoms with E-state index in [0.717, 1.165) is 87.8 Å². The SMILES string of the molecule is c1ccc(-c2nc(-c3ccc4oc5ccccc5c4c3)nc(-c3cccc4oc5cccc(-c6cccc(-c7nc8ccccc8s7)c6)c5c34)n2)cc1. The Morgan fingerprint density at radius 2 is 1.00 bits per heavy atom. The van der Waals surface area contributed by atoms with Gasteiger partial charge in [-0.15, -0.1) is 11.3 Å². The molecule has 0 N–H and O–H groups in total. The Morgan fingerprint density at radius 1 is 0.377 bits per heavy atom. The molecule has 0 saturated carbocycles. The molecule has 248 valence electrons. The highest BCUT2D eigenvalue weighted by Crippen LogP contribution is 2.42. The van der Waals surface area contributed by atoms with E-state index >= 15 is 0 Å². The molecule has 0 spiro atoms. The van der Waals surface area contributed by atoms with E-state index in [1.165, 1.54) is 4.70 Å². The first-order valence-electron chi connectivity index (χ1n) is 17.4. The maximum Gasteiger partial charge on any atom is 0.164 e. The average Bonchev–Trinajstić information content (AvgIpc) is 3.94. The molecule has 0 saturated heterocycles. The normalized spacial score (nSPS) is 11.8. The van der Waals surface area contributed by atoms with Crippen LogP contribution in [0.4, 0.5) is 0 Å². The molecule has 4 aromatic heterocycles. The number of fused-ring (bicyclic) bond motifs is 7. The molecule has 11 rings (SSSR count). The Bertz CT molecular complexity index is 3160. The van der Waals surface area contributed by atoms with Crippen molar-refractivity contribution in [1.82, 2.24) is 19.9 Å². The number of furan rings is 2. The molecule has 7 aromatic carbocycles. The minimum atomic E-state index is 0.567. The Balaban J connectivity index is 1.12. The lowest BCUT2D eigenvalue weighted by Gasteiger charge is -2.10. The Kier molecular flexibility index (Phi) is 6.62. The van der Waals surface area contributed by atoms with E-state index < -0.39 is 0 Å². The van der Waals surface area contributed by atoms with E-state index in [9.17, 15) is 0 Å². The molecule has 0 atom stereocenters. The van der Waals surface area contributed by atoms with Crippen LogP contribution in [0.1, 0.15) is 0 Å². The van der Waals surface area contributed by atoms with Crippen LogP contribution in [0, 0.1) is 0 Å². The first kappa shape index (κ1) is 29.7. The summed E-state index contributed by atoms with van der Waals surface area (Å²) in [4.78, 5) is 20.3. The third-order valence-electron chi connectivity index (χ3n) is 9.78. The fourth-order valence-corrected chi connectivity index (χ4v) is 8.28. The van der Waals surface area contributed by atoms with Crippen LogP contribution in [0.3, 0.4) is 0 Å². The quantitative estimate of drug-likeness (QED) is 0.178. The van der Waals surface area contributed by atoms with Gasteiger partial charge in [-0.2, -0.15) is 0 Å². The van der Waals surface area contributed by atoms with Crippen LogP contribution in [0.5, 0.6) is 0 Å². The first-order valence-corrected chi connectivity index (χ1v) is 18.2. The number of nitrogens with zero attached hydrogens (tertiary/aromatic N) is 4. The molecule has 0 fully saturated rings. The van der Waals surface area contributed by atoms with Crippen molar-refractivity contribution in [2.24, 2.45) is 0 Å². The lowest BCUT2D eigenvalue weighted by molar-refractivity contribution is 0.668. The second-order valence-electron chi connectivity index (χ2n) is 13.0. The molecule has 0 radical (unpaired) electrons. The summed E-state index contributed by atoms with van der Waals surface area (Å²) < 4.78 is 13.9. The number of hydrogen-bond donors (Lipinski definition) is 0. The lowest BCUT2D eigenvalue weighted by atomic mass is 9.96. The molecular weight excluding hydrogens is 673 g/mol. The molecule has 0 amide bonds. The fraction of sp³-hybridized carbons (Fsp3) is 0. The number of rotatable bonds is 5. The standard InChI is InChI=1S/C46H26N4O2S/c1-2-11-27(12-3-1)43-48-44(29-23-24-37-34(26-29)32-15-4-6-19-36(32)51-37)50-45(49-43)33-17-10-21-39-42(33)41-31(16-9-20-38(41)52-39)28-13-8-14-30(25-28)46-47-35-18-5-7-22-40(35)53-46/h1-26H. The van der Waals surface area contributed by atoms with Gasteiger partial charge in [-0.25, -0.2) is 19.9 Å². The van der Waals surface area contributed by atoms with Gasteiger partial charge in [0.2, 0.25) is 0 Å². The zero-order valence-electron chi connectivity index (χ0n) is 28.0. The number of benzene rings is 7. The summed E-state index contributed by atoms with van der Waals surface area (Å²) in [6.45, 7) is 0. The van der Waals surface area contributed by atoms with Crippen LogP contribution in [0.2, 0.25) is 0 Å². The van der Waals surface area contributed by atoms with Crippen LogP contribution in [-0.4, -0.2) is 19.9 Å². The third kappa shape index (κ3) is 4.93. The van der Waals surface area contributed by atoms with Gasteiger partial charge in [-0.1, -0.05) is 103 Å². The third-order valence-corrected chi connectivity index (χ3v) is 10.9. The van der Waals surface area contributed by atoms with Crippen LogP contribution in [-0.2, 0) is 0 Å². The number of para-hydroxylation sites is 2. The number of thiazole rings is 1. The molecule has 0 bridgehead atoms. The fourth-order valence-electron chi connectivity index (χ4n) is 7.32. The molecule has 7 heteroatoms. The van der Waals surface area contributed by atoms with E-state index in [2.05, 4.69) is 66.7 Å². The summed E-state index contributed by atoms with van der Waals surface area (Å²) in [5.74, 6) is 1.74. The van der Waals surface area contributed by atoms with Crippen molar-refractivity contribution in [3.8, 4) is 55.9 Å². The van der Waals surface area contributed by atoms with Crippen LogP contribution in [0.25, 0.3) is 110 Å². The molecule has 53 heavy (non-hydrogen) atoms. The summed E-state index contributed by atoms with van der Waals surface area (Å²) in [5.41, 5.74) is 10.1. The lowest BCUT2D eigenvalue weighted by Crippen LogP contribution is -2.00. The molecule has 0 unspecified atom stereocenters. The maximum absolute atomic E-state index is 6.55. The monoisotopic (exact) mass is 698 g/mol.